The first-order chi connectivity index (χ1) is 8.73. The molecule has 108 valence electrons. The zero-order valence-corrected chi connectivity index (χ0v) is 11.3. The summed E-state index contributed by atoms with van der Waals surface area (Å²) in [4.78, 5) is 9.34. The fourth-order valence-electron chi connectivity index (χ4n) is 1.64. The quantitative estimate of drug-likeness (QED) is 0.896. The SMILES string of the molecule is Cc1cc(C(C)C)nc(N(CCN)CC(F)(F)F)n1. The van der Waals surface area contributed by atoms with Crippen molar-refractivity contribution in [3.05, 3.63) is 17.5 Å². The molecule has 0 saturated heterocycles. The maximum atomic E-state index is 12.5. The van der Waals surface area contributed by atoms with E-state index in [-0.39, 0.29) is 25.0 Å². The number of anilines is 1. The van der Waals surface area contributed by atoms with Crippen LogP contribution in [0.2, 0.25) is 0 Å². The third-order valence-electron chi connectivity index (χ3n) is 2.51. The fourth-order valence-corrected chi connectivity index (χ4v) is 1.64. The molecule has 0 bridgehead atoms. The molecule has 0 radical (unpaired) electrons. The number of hydrogen-bond donors (Lipinski definition) is 1. The molecule has 0 aliphatic carbocycles. The molecule has 1 aromatic heterocycles. The minimum Gasteiger partial charge on any atom is -0.330 e. The Morgan fingerprint density at radius 3 is 2.42 bits per heavy atom. The van der Waals surface area contributed by atoms with Crippen LogP contribution in [0.1, 0.15) is 31.2 Å². The molecule has 7 heteroatoms. The van der Waals surface area contributed by atoms with Crippen LogP contribution in [-0.4, -0.2) is 35.8 Å². The van der Waals surface area contributed by atoms with Gasteiger partial charge in [-0.05, 0) is 18.9 Å². The Balaban J connectivity index is 3.07. The van der Waals surface area contributed by atoms with Gasteiger partial charge in [-0.2, -0.15) is 13.2 Å². The van der Waals surface area contributed by atoms with Gasteiger partial charge in [-0.15, -0.1) is 0 Å². The van der Waals surface area contributed by atoms with Gasteiger partial charge in [-0.1, -0.05) is 13.8 Å². The van der Waals surface area contributed by atoms with Gasteiger partial charge in [0.2, 0.25) is 5.95 Å². The summed E-state index contributed by atoms with van der Waals surface area (Å²) >= 11 is 0. The Hall–Kier alpha value is -1.37. The molecule has 0 atom stereocenters. The van der Waals surface area contributed by atoms with Crippen molar-refractivity contribution in [3.63, 3.8) is 0 Å². The lowest BCUT2D eigenvalue weighted by Crippen LogP contribution is -2.39. The largest absolute Gasteiger partial charge is 0.406 e. The molecular formula is C12H19F3N4. The van der Waals surface area contributed by atoms with Crippen LogP contribution in [0.3, 0.4) is 0 Å². The zero-order chi connectivity index (χ0) is 14.6. The Morgan fingerprint density at radius 2 is 1.95 bits per heavy atom. The zero-order valence-electron chi connectivity index (χ0n) is 11.3. The number of aryl methyl sites for hydroxylation is 1. The second kappa shape index (κ2) is 6.18. The van der Waals surface area contributed by atoms with Gasteiger partial charge < -0.3 is 10.6 Å². The molecule has 19 heavy (non-hydrogen) atoms. The van der Waals surface area contributed by atoms with E-state index in [0.717, 1.165) is 10.6 Å². The Bertz CT molecular complexity index is 418. The van der Waals surface area contributed by atoms with Gasteiger partial charge in [0.15, 0.2) is 0 Å². The number of aromatic nitrogens is 2. The average Bonchev–Trinajstić information content (AvgIpc) is 2.25. The first-order valence-corrected chi connectivity index (χ1v) is 6.10. The van der Waals surface area contributed by atoms with Crippen LogP contribution >= 0.6 is 0 Å². The van der Waals surface area contributed by atoms with Crippen LogP contribution in [0.5, 0.6) is 0 Å². The first-order valence-electron chi connectivity index (χ1n) is 6.10. The Morgan fingerprint density at radius 1 is 1.32 bits per heavy atom. The molecule has 0 aliphatic heterocycles. The van der Waals surface area contributed by atoms with Crippen LogP contribution in [0.15, 0.2) is 6.07 Å². The van der Waals surface area contributed by atoms with E-state index in [2.05, 4.69) is 9.97 Å². The molecule has 0 unspecified atom stereocenters. The van der Waals surface area contributed by atoms with Crippen molar-refractivity contribution in [1.29, 1.82) is 0 Å². The first kappa shape index (κ1) is 15.7. The van der Waals surface area contributed by atoms with E-state index >= 15 is 0 Å². The predicted octanol–water partition coefficient (Wildman–Crippen LogP) is 2.24. The smallest absolute Gasteiger partial charge is 0.330 e. The molecule has 1 aromatic rings. The summed E-state index contributed by atoms with van der Waals surface area (Å²) in [6.07, 6.45) is -4.31. The van der Waals surface area contributed by atoms with E-state index in [4.69, 9.17) is 5.73 Å². The summed E-state index contributed by atoms with van der Waals surface area (Å²) in [6, 6.07) is 1.78. The van der Waals surface area contributed by atoms with E-state index in [1.165, 1.54) is 0 Å². The lowest BCUT2D eigenvalue weighted by atomic mass is 10.1. The van der Waals surface area contributed by atoms with Crippen molar-refractivity contribution in [2.24, 2.45) is 5.73 Å². The number of nitrogens with two attached hydrogens (primary N) is 1. The molecular weight excluding hydrogens is 257 g/mol. The third kappa shape index (κ3) is 5.02. The van der Waals surface area contributed by atoms with Crippen LogP contribution in [0, 0.1) is 6.92 Å². The topological polar surface area (TPSA) is 55.0 Å². The second-order valence-corrected chi connectivity index (χ2v) is 4.71. The highest BCUT2D eigenvalue weighted by Crippen LogP contribution is 2.21. The number of hydrogen-bond acceptors (Lipinski definition) is 4. The van der Waals surface area contributed by atoms with Gasteiger partial charge >= 0.3 is 6.18 Å². The molecule has 4 nitrogen and oxygen atoms in total. The lowest BCUT2D eigenvalue weighted by molar-refractivity contribution is -0.119. The number of rotatable bonds is 5. The monoisotopic (exact) mass is 276 g/mol. The lowest BCUT2D eigenvalue weighted by Gasteiger charge is -2.24. The van der Waals surface area contributed by atoms with Crippen LogP contribution < -0.4 is 10.6 Å². The summed E-state index contributed by atoms with van der Waals surface area (Å²) in [6.45, 7) is 4.70. The van der Waals surface area contributed by atoms with E-state index in [1.807, 2.05) is 13.8 Å². The molecule has 0 saturated carbocycles. The van der Waals surface area contributed by atoms with Gasteiger partial charge in [0, 0.05) is 24.5 Å². The van der Waals surface area contributed by atoms with Crippen molar-refractivity contribution in [3.8, 4) is 0 Å². The predicted molar refractivity (Wildman–Crippen MR) is 68.2 cm³/mol. The second-order valence-electron chi connectivity index (χ2n) is 4.71. The highest BCUT2D eigenvalue weighted by Gasteiger charge is 2.31. The van der Waals surface area contributed by atoms with Gasteiger partial charge in [0.05, 0.1) is 0 Å². The van der Waals surface area contributed by atoms with Crippen molar-refractivity contribution in [2.45, 2.75) is 32.9 Å². The standard InChI is InChI=1S/C12H19F3N4/c1-8(2)10-6-9(3)17-11(18-10)19(5-4-16)7-12(13,14)15/h6,8H,4-5,7,16H2,1-3H3. The minimum atomic E-state index is -4.31. The summed E-state index contributed by atoms with van der Waals surface area (Å²) in [5.74, 6) is 0.220. The molecule has 1 rings (SSSR count). The average molecular weight is 276 g/mol. The maximum absolute atomic E-state index is 12.5. The van der Waals surface area contributed by atoms with E-state index in [1.54, 1.807) is 13.0 Å². The van der Waals surface area contributed by atoms with Gasteiger partial charge in [-0.25, -0.2) is 9.97 Å². The number of halogens is 3. The minimum absolute atomic E-state index is 0.0699. The van der Waals surface area contributed by atoms with E-state index < -0.39 is 12.7 Å². The summed E-state index contributed by atoms with van der Waals surface area (Å²) in [7, 11) is 0. The molecule has 1 heterocycles. The summed E-state index contributed by atoms with van der Waals surface area (Å²) in [5.41, 5.74) is 6.74. The number of nitrogens with zero attached hydrogens (tertiary/aromatic N) is 3. The highest BCUT2D eigenvalue weighted by atomic mass is 19.4. The molecule has 0 amide bonds. The maximum Gasteiger partial charge on any atom is 0.406 e. The third-order valence-corrected chi connectivity index (χ3v) is 2.51. The summed E-state index contributed by atoms with van der Waals surface area (Å²) < 4.78 is 37.6. The van der Waals surface area contributed by atoms with Crippen molar-refractivity contribution in [2.75, 3.05) is 24.5 Å². The van der Waals surface area contributed by atoms with Crippen molar-refractivity contribution >= 4 is 5.95 Å². The highest BCUT2D eigenvalue weighted by molar-refractivity contribution is 5.33. The Kier molecular flexibility index (Phi) is 5.11. The molecule has 0 spiro atoms. The molecule has 0 fully saturated rings. The van der Waals surface area contributed by atoms with Crippen LogP contribution in [0.25, 0.3) is 0 Å². The fraction of sp³-hybridized carbons (Fsp3) is 0.667. The van der Waals surface area contributed by atoms with Gasteiger partial charge in [-0.3, -0.25) is 0 Å². The van der Waals surface area contributed by atoms with Crippen LogP contribution in [0.4, 0.5) is 19.1 Å². The van der Waals surface area contributed by atoms with Crippen molar-refractivity contribution < 1.29 is 13.2 Å². The molecule has 2 N–H and O–H groups in total. The molecule has 0 aliphatic rings. The Labute approximate surface area is 110 Å². The van der Waals surface area contributed by atoms with Gasteiger partial charge in [0.1, 0.15) is 6.54 Å². The normalized spacial score (nSPS) is 12.0. The van der Waals surface area contributed by atoms with Gasteiger partial charge in [0.25, 0.3) is 0 Å². The van der Waals surface area contributed by atoms with Crippen LogP contribution in [-0.2, 0) is 0 Å². The van der Waals surface area contributed by atoms with Crippen molar-refractivity contribution in [1.82, 2.24) is 9.97 Å². The van der Waals surface area contributed by atoms with E-state index in [9.17, 15) is 13.2 Å². The summed E-state index contributed by atoms with van der Waals surface area (Å²) in [5, 5.41) is 0. The number of alkyl halides is 3. The molecule has 0 aromatic carbocycles. The van der Waals surface area contributed by atoms with E-state index in [0.29, 0.717) is 5.69 Å².